The first-order valence-corrected chi connectivity index (χ1v) is 8.48. The molecule has 0 radical (unpaired) electrons. The highest BCUT2D eigenvalue weighted by atomic mass is 32.2. The Kier molecular flexibility index (Phi) is 6.36. The molecular formula is C12H17F5O5S. The van der Waals surface area contributed by atoms with Crippen molar-refractivity contribution in [2.75, 3.05) is 19.5 Å². The number of rotatable bonds is 7. The Morgan fingerprint density at radius 3 is 2.35 bits per heavy atom. The maximum atomic E-state index is 13.0. The minimum absolute atomic E-state index is 0.329. The molecule has 1 aliphatic heterocycles. The van der Waals surface area contributed by atoms with E-state index in [1.165, 1.54) is 0 Å². The minimum atomic E-state index is -5.81. The summed E-state index contributed by atoms with van der Waals surface area (Å²) in [6.45, 7) is 0.329. The standard InChI is InChI=1S/C12H17F5O5S/c1-21-10(18)9(4-5-11(13,14)12(15,16)17)23(19,20)7-8-3-2-6-22-8/h8-9H,2-7H2,1H3. The van der Waals surface area contributed by atoms with Crippen LogP contribution < -0.4 is 0 Å². The molecule has 0 spiro atoms. The number of esters is 1. The monoisotopic (exact) mass is 368 g/mol. The average Bonchev–Trinajstić information content (AvgIpc) is 2.88. The molecule has 1 aliphatic rings. The van der Waals surface area contributed by atoms with Crippen LogP contribution in [0.2, 0.25) is 0 Å². The number of methoxy groups -OCH3 is 1. The van der Waals surface area contributed by atoms with Gasteiger partial charge in [0.1, 0.15) is 0 Å². The smallest absolute Gasteiger partial charge is 0.453 e. The first-order valence-electron chi connectivity index (χ1n) is 6.76. The Bertz CT molecular complexity index is 510. The third-order valence-corrected chi connectivity index (χ3v) is 5.61. The SMILES string of the molecule is COC(=O)C(CCC(F)(F)C(F)(F)F)S(=O)(=O)CC1CCCO1. The first kappa shape index (κ1) is 20.1. The van der Waals surface area contributed by atoms with Crippen LogP contribution in [0.5, 0.6) is 0 Å². The molecule has 1 rings (SSSR count). The van der Waals surface area contributed by atoms with Gasteiger partial charge in [-0.1, -0.05) is 0 Å². The zero-order chi connectivity index (χ0) is 17.9. The van der Waals surface area contributed by atoms with Crippen LogP contribution in [0, 0.1) is 0 Å². The Morgan fingerprint density at radius 2 is 1.91 bits per heavy atom. The number of ether oxygens (including phenoxy) is 2. The molecule has 0 saturated carbocycles. The average molecular weight is 368 g/mol. The number of halogens is 5. The van der Waals surface area contributed by atoms with Gasteiger partial charge in [-0.3, -0.25) is 4.79 Å². The lowest BCUT2D eigenvalue weighted by Gasteiger charge is -2.22. The van der Waals surface area contributed by atoms with Crippen molar-refractivity contribution in [3.63, 3.8) is 0 Å². The van der Waals surface area contributed by atoms with Gasteiger partial charge < -0.3 is 9.47 Å². The number of carbonyl (C=O) groups excluding carboxylic acids is 1. The third-order valence-electron chi connectivity index (χ3n) is 3.47. The van der Waals surface area contributed by atoms with Gasteiger partial charge in [-0.2, -0.15) is 22.0 Å². The molecule has 2 atom stereocenters. The maximum absolute atomic E-state index is 13.0. The van der Waals surface area contributed by atoms with E-state index in [9.17, 15) is 35.2 Å². The van der Waals surface area contributed by atoms with Gasteiger partial charge in [-0.15, -0.1) is 0 Å². The highest BCUT2D eigenvalue weighted by molar-refractivity contribution is 7.92. The lowest BCUT2D eigenvalue weighted by molar-refractivity contribution is -0.284. The number of carbonyl (C=O) groups is 1. The van der Waals surface area contributed by atoms with Gasteiger partial charge in [-0.25, -0.2) is 8.42 Å². The molecule has 0 bridgehead atoms. The molecule has 2 unspecified atom stereocenters. The predicted octanol–water partition coefficient (Wildman–Crippen LogP) is 2.10. The summed E-state index contributed by atoms with van der Waals surface area (Å²) in [5, 5.41) is -2.08. The Labute approximate surface area is 130 Å². The molecule has 1 fully saturated rings. The van der Waals surface area contributed by atoms with Crippen molar-refractivity contribution in [1.29, 1.82) is 0 Å². The van der Waals surface area contributed by atoms with Crippen LogP contribution >= 0.6 is 0 Å². The van der Waals surface area contributed by atoms with Crippen molar-refractivity contribution in [3.8, 4) is 0 Å². The third kappa shape index (κ3) is 5.27. The van der Waals surface area contributed by atoms with E-state index in [1.54, 1.807) is 0 Å². The van der Waals surface area contributed by atoms with Crippen LogP contribution in [0.3, 0.4) is 0 Å². The van der Waals surface area contributed by atoms with Gasteiger partial charge in [0.05, 0.1) is 19.0 Å². The van der Waals surface area contributed by atoms with Crippen molar-refractivity contribution < 1.29 is 44.6 Å². The summed E-state index contributed by atoms with van der Waals surface area (Å²) < 4.78 is 96.0. The highest BCUT2D eigenvalue weighted by Crippen LogP contribution is 2.39. The fourth-order valence-corrected chi connectivity index (χ4v) is 4.06. The van der Waals surface area contributed by atoms with Gasteiger partial charge >= 0.3 is 18.1 Å². The maximum Gasteiger partial charge on any atom is 0.453 e. The summed E-state index contributed by atoms with van der Waals surface area (Å²) in [6, 6.07) is 0. The van der Waals surface area contributed by atoms with Crippen LogP contribution in [-0.2, 0) is 24.1 Å². The topological polar surface area (TPSA) is 69.7 Å². The fourth-order valence-electron chi connectivity index (χ4n) is 2.18. The largest absolute Gasteiger partial charge is 0.468 e. The van der Waals surface area contributed by atoms with E-state index in [-0.39, 0.29) is 0 Å². The van der Waals surface area contributed by atoms with Crippen molar-refractivity contribution in [1.82, 2.24) is 0 Å². The zero-order valence-electron chi connectivity index (χ0n) is 12.2. The van der Waals surface area contributed by atoms with Gasteiger partial charge in [0.15, 0.2) is 15.1 Å². The molecule has 1 heterocycles. The summed E-state index contributed by atoms with van der Waals surface area (Å²) in [7, 11) is -3.45. The first-order chi connectivity index (χ1) is 10.4. The molecule has 0 aliphatic carbocycles. The predicted molar refractivity (Wildman–Crippen MR) is 68.8 cm³/mol. The summed E-state index contributed by atoms with van der Waals surface area (Å²) in [4.78, 5) is 11.5. The van der Waals surface area contributed by atoms with E-state index >= 15 is 0 Å². The van der Waals surface area contributed by atoms with E-state index in [0.717, 1.165) is 7.11 Å². The van der Waals surface area contributed by atoms with Gasteiger partial charge in [0.25, 0.3) is 0 Å². The molecule has 11 heteroatoms. The van der Waals surface area contributed by atoms with E-state index in [2.05, 4.69) is 4.74 Å². The molecule has 136 valence electrons. The van der Waals surface area contributed by atoms with Gasteiger partial charge in [0, 0.05) is 13.0 Å². The quantitative estimate of drug-likeness (QED) is 0.508. The lowest BCUT2D eigenvalue weighted by atomic mass is 10.1. The van der Waals surface area contributed by atoms with Gasteiger partial charge in [-0.05, 0) is 19.3 Å². The zero-order valence-corrected chi connectivity index (χ0v) is 13.1. The Balaban J connectivity index is 2.85. The number of alkyl halides is 5. The molecule has 0 aromatic carbocycles. The minimum Gasteiger partial charge on any atom is -0.468 e. The van der Waals surface area contributed by atoms with Crippen LogP contribution in [0.4, 0.5) is 22.0 Å². The molecular weight excluding hydrogens is 351 g/mol. The second-order valence-electron chi connectivity index (χ2n) is 5.22. The molecule has 1 saturated heterocycles. The summed E-state index contributed by atoms with van der Waals surface area (Å²) >= 11 is 0. The second kappa shape index (κ2) is 7.29. The van der Waals surface area contributed by atoms with Crippen LogP contribution in [0.15, 0.2) is 0 Å². The van der Waals surface area contributed by atoms with Crippen LogP contribution in [0.25, 0.3) is 0 Å². The number of hydrogen-bond donors (Lipinski definition) is 0. The highest BCUT2D eigenvalue weighted by Gasteiger charge is 2.57. The molecule has 0 aromatic rings. The van der Waals surface area contributed by atoms with E-state index < -0.39 is 57.9 Å². The summed E-state index contributed by atoms with van der Waals surface area (Å²) in [5.74, 6) is -7.07. The van der Waals surface area contributed by atoms with Crippen LogP contribution in [0.1, 0.15) is 25.7 Å². The molecule has 0 N–H and O–H groups in total. The normalized spacial score (nSPS) is 21.2. The van der Waals surface area contributed by atoms with Crippen molar-refractivity contribution in [3.05, 3.63) is 0 Å². The molecule has 23 heavy (non-hydrogen) atoms. The van der Waals surface area contributed by atoms with Gasteiger partial charge in [0.2, 0.25) is 0 Å². The molecule has 0 amide bonds. The number of sulfone groups is 1. The number of hydrogen-bond acceptors (Lipinski definition) is 5. The Morgan fingerprint density at radius 1 is 1.30 bits per heavy atom. The van der Waals surface area contributed by atoms with E-state index in [1.807, 2.05) is 0 Å². The van der Waals surface area contributed by atoms with Crippen molar-refractivity contribution in [2.45, 2.75) is 49.1 Å². The summed E-state index contributed by atoms with van der Waals surface area (Å²) in [5.41, 5.74) is 0. The van der Waals surface area contributed by atoms with E-state index in [0.29, 0.717) is 19.4 Å². The van der Waals surface area contributed by atoms with Crippen LogP contribution in [-0.4, -0.2) is 57.3 Å². The summed E-state index contributed by atoms with van der Waals surface area (Å²) in [6.07, 6.45) is -8.50. The van der Waals surface area contributed by atoms with Crippen molar-refractivity contribution >= 4 is 15.8 Å². The second-order valence-corrected chi connectivity index (χ2v) is 7.45. The van der Waals surface area contributed by atoms with E-state index in [4.69, 9.17) is 4.74 Å². The van der Waals surface area contributed by atoms with Crippen molar-refractivity contribution in [2.24, 2.45) is 0 Å². The Hall–Kier alpha value is -0.970. The fraction of sp³-hybridized carbons (Fsp3) is 0.917. The molecule has 5 nitrogen and oxygen atoms in total. The molecule has 0 aromatic heterocycles. The lowest BCUT2D eigenvalue weighted by Crippen LogP contribution is -2.41.